The Bertz CT molecular complexity index is 944. The average molecular weight is 427 g/mol. The summed E-state index contributed by atoms with van der Waals surface area (Å²) in [6.07, 6.45) is 0.179. The summed E-state index contributed by atoms with van der Waals surface area (Å²) in [5.74, 6) is -0.526. The maximum Gasteiger partial charge on any atom is 0.321 e. The Morgan fingerprint density at radius 3 is 2.23 bits per heavy atom. The molecule has 0 radical (unpaired) electrons. The van der Waals surface area contributed by atoms with Crippen molar-refractivity contribution in [3.63, 3.8) is 0 Å². The van der Waals surface area contributed by atoms with Crippen LogP contribution < -0.4 is 10.2 Å². The quantitative estimate of drug-likeness (QED) is 0.819. The number of benzene rings is 2. The lowest BCUT2D eigenvalue weighted by Gasteiger charge is -2.35. The van der Waals surface area contributed by atoms with Crippen LogP contribution in [0.1, 0.15) is 6.42 Å². The average Bonchev–Trinajstić information content (AvgIpc) is 3.15. The molecule has 2 aliphatic rings. The van der Waals surface area contributed by atoms with Gasteiger partial charge >= 0.3 is 6.03 Å². The number of nitrogens with one attached hydrogen (secondary N) is 1. The van der Waals surface area contributed by atoms with Crippen LogP contribution in [0.25, 0.3) is 0 Å². The number of urea groups is 1. The number of carbonyl (C=O) groups is 3. The van der Waals surface area contributed by atoms with Crippen molar-refractivity contribution in [2.75, 3.05) is 42.9 Å². The summed E-state index contributed by atoms with van der Waals surface area (Å²) in [6, 6.07) is 16.3. The van der Waals surface area contributed by atoms with Crippen molar-refractivity contribution in [1.29, 1.82) is 0 Å². The van der Waals surface area contributed by atoms with Gasteiger partial charge in [0.2, 0.25) is 11.8 Å². The van der Waals surface area contributed by atoms with Gasteiger partial charge in [-0.15, -0.1) is 0 Å². The Balaban J connectivity index is 1.32. The first-order valence-corrected chi connectivity index (χ1v) is 10.4. The number of anilines is 2. The lowest BCUT2D eigenvalue weighted by molar-refractivity contribution is -0.137. The molecule has 4 rings (SSSR count). The Kier molecular flexibility index (Phi) is 5.90. The molecule has 2 aromatic carbocycles. The van der Waals surface area contributed by atoms with E-state index in [4.69, 9.17) is 11.6 Å². The molecule has 2 aliphatic heterocycles. The van der Waals surface area contributed by atoms with Gasteiger partial charge in [-0.2, -0.15) is 0 Å². The number of rotatable bonds is 3. The number of halogens is 1. The monoisotopic (exact) mass is 426 g/mol. The number of piperazine rings is 1. The van der Waals surface area contributed by atoms with Gasteiger partial charge in [0.05, 0.1) is 16.6 Å². The highest BCUT2D eigenvalue weighted by Crippen LogP contribution is 2.31. The van der Waals surface area contributed by atoms with Crippen LogP contribution in [0.3, 0.4) is 0 Å². The van der Waals surface area contributed by atoms with E-state index in [9.17, 15) is 14.4 Å². The summed E-state index contributed by atoms with van der Waals surface area (Å²) in [5, 5.41) is 3.36. The summed E-state index contributed by atoms with van der Waals surface area (Å²) in [7, 11) is 0. The fourth-order valence-electron chi connectivity index (χ4n) is 3.89. The number of para-hydroxylation sites is 2. The minimum absolute atomic E-state index is 0.0407. The van der Waals surface area contributed by atoms with Gasteiger partial charge in [0.25, 0.3) is 0 Å². The van der Waals surface area contributed by atoms with Crippen molar-refractivity contribution >= 4 is 40.8 Å². The molecule has 0 spiro atoms. The maximum absolute atomic E-state index is 13.0. The first-order chi connectivity index (χ1) is 14.5. The smallest absolute Gasteiger partial charge is 0.321 e. The van der Waals surface area contributed by atoms with Crippen molar-refractivity contribution in [3.05, 3.63) is 59.6 Å². The molecule has 30 heavy (non-hydrogen) atoms. The number of nitrogens with zero attached hydrogens (tertiary/aromatic N) is 3. The number of amides is 4. The lowest BCUT2D eigenvalue weighted by Crippen LogP contribution is -2.53. The van der Waals surface area contributed by atoms with Crippen LogP contribution in [0.4, 0.5) is 16.2 Å². The predicted octanol–water partition coefficient (Wildman–Crippen LogP) is 3.07. The molecule has 0 bridgehead atoms. The largest absolute Gasteiger partial charge is 0.339 e. The molecule has 0 aromatic heterocycles. The second kappa shape index (κ2) is 8.75. The molecule has 2 fully saturated rings. The molecule has 0 unspecified atom stereocenters. The lowest BCUT2D eigenvalue weighted by atomic mass is 10.1. The zero-order valence-electron chi connectivity index (χ0n) is 16.5. The van der Waals surface area contributed by atoms with E-state index in [1.165, 1.54) is 0 Å². The van der Waals surface area contributed by atoms with Gasteiger partial charge in [-0.25, -0.2) is 4.79 Å². The first-order valence-electron chi connectivity index (χ1n) is 9.97. The molecule has 2 aromatic rings. The normalized spacial score (nSPS) is 19.2. The van der Waals surface area contributed by atoms with E-state index in [-0.39, 0.29) is 24.3 Å². The summed E-state index contributed by atoms with van der Waals surface area (Å²) >= 11 is 6.22. The minimum atomic E-state index is -0.390. The summed E-state index contributed by atoms with van der Waals surface area (Å²) in [5.41, 5.74) is 1.38. The van der Waals surface area contributed by atoms with Crippen molar-refractivity contribution in [1.82, 2.24) is 9.80 Å². The third kappa shape index (κ3) is 4.26. The zero-order valence-corrected chi connectivity index (χ0v) is 17.2. The third-order valence-corrected chi connectivity index (χ3v) is 5.84. The summed E-state index contributed by atoms with van der Waals surface area (Å²) in [4.78, 5) is 42.9. The fourth-order valence-corrected chi connectivity index (χ4v) is 4.13. The van der Waals surface area contributed by atoms with Crippen molar-refractivity contribution < 1.29 is 14.4 Å². The molecule has 7 nitrogen and oxygen atoms in total. The highest BCUT2D eigenvalue weighted by Gasteiger charge is 2.38. The van der Waals surface area contributed by atoms with Crippen LogP contribution >= 0.6 is 11.6 Å². The van der Waals surface area contributed by atoms with E-state index in [0.29, 0.717) is 43.4 Å². The Morgan fingerprint density at radius 2 is 1.53 bits per heavy atom. The van der Waals surface area contributed by atoms with Gasteiger partial charge in [-0.3, -0.25) is 9.59 Å². The van der Waals surface area contributed by atoms with Crippen molar-refractivity contribution in [3.8, 4) is 0 Å². The molecule has 0 aliphatic carbocycles. The van der Waals surface area contributed by atoms with Crippen LogP contribution in [-0.4, -0.2) is 60.4 Å². The summed E-state index contributed by atoms with van der Waals surface area (Å²) < 4.78 is 0. The molecular weight excluding hydrogens is 404 g/mol. The van der Waals surface area contributed by atoms with Gasteiger partial charge in [0.15, 0.2) is 0 Å². The molecule has 4 amide bonds. The van der Waals surface area contributed by atoms with Crippen LogP contribution in [-0.2, 0) is 9.59 Å². The van der Waals surface area contributed by atoms with Gasteiger partial charge in [0, 0.05) is 44.8 Å². The molecule has 0 saturated carbocycles. The van der Waals surface area contributed by atoms with E-state index in [1.54, 1.807) is 26.8 Å². The van der Waals surface area contributed by atoms with E-state index in [1.807, 2.05) is 42.5 Å². The van der Waals surface area contributed by atoms with Crippen molar-refractivity contribution in [2.24, 2.45) is 5.92 Å². The molecule has 1 atom stereocenters. The van der Waals surface area contributed by atoms with Gasteiger partial charge in [0.1, 0.15) is 0 Å². The first kappa shape index (κ1) is 20.2. The van der Waals surface area contributed by atoms with Crippen LogP contribution in [0.2, 0.25) is 5.02 Å². The minimum Gasteiger partial charge on any atom is -0.339 e. The second-order valence-electron chi connectivity index (χ2n) is 7.47. The molecule has 2 saturated heterocycles. The van der Waals surface area contributed by atoms with Crippen LogP contribution in [0.15, 0.2) is 54.6 Å². The van der Waals surface area contributed by atoms with Crippen LogP contribution in [0, 0.1) is 5.92 Å². The van der Waals surface area contributed by atoms with Gasteiger partial charge in [-0.1, -0.05) is 41.9 Å². The van der Waals surface area contributed by atoms with E-state index in [2.05, 4.69) is 5.32 Å². The standard InChI is InChI=1S/C22H23ClN4O3/c23-18-8-4-5-9-19(18)27-15-16(14-20(27)28)21(29)25-10-12-26(13-11-25)22(30)24-17-6-2-1-3-7-17/h1-9,16H,10-15H2,(H,24,30)/t16-/m0/s1. The van der Waals surface area contributed by atoms with Gasteiger partial charge in [-0.05, 0) is 24.3 Å². The molecule has 156 valence electrons. The zero-order chi connectivity index (χ0) is 21.1. The predicted molar refractivity (Wildman–Crippen MR) is 116 cm³/mol. The SMILES string of the molecule is O=C(Nc1ccccc1)N1CCN(C(=O)[C@H]2CC(=O)N(c3ccccc3Cl)C2)CC1. The molecular formula is C22H23ClN4O3. The van der Waals surface area contributed by atoms with E-state index < -0.39 is 5.92 Å². The third-order valence-electron chi connectivity index (χ3n) is 5.52. The second-order valence-corrected chi connectivity index (χ2v) is 7.87. The Morgan fingerprint density at radius 1 is 0.900 bits per heavy atom. The number of hydrogen-bond donors (Lipinski definition) is 1. The van der Waals surface area contributed by atoms with Crippen molar-refractivity contribution in [2.45, 2.75) is 6.42 Å². The Hall–Kier alpha value is -3.06. The number of carbonyl (C=O) groups excluding carboxylic acids is 3. The number of hydrogen-bond acceptors (Lipinski definition) is 3. The maximum atomic E-state index is 13.0. The van der Waals surface area contributed by atoms with Gasteiger partial charge < -0.3 is 20.0 Å². The molecule has 1 N–H and O–H groups in total. The topological polar surface area (TPSA) is 73.0 Å². The van der Waals surface area contributed by atoms with Crippen LogP contribution in [0.5, 0.6) is 0 Å². The molecule has 2 heterocycles. The van der Waals surface area contributed by atoms with E-state index in [0.717, 1.165) is 5.69 Å². The van der Waals surface area contributed by atoms with E-state index >= 15 is 0 Å². The highest BCUT2D eigenvalue weighted by atomic mass is 35.5. The highest BCUT2D eigenvalue weighted by molar-refractivity contribution is 6.33. The molecule has 8 heteroatoms. The Labute approximate surface area is 180 Å². The summed E-state index contributed by atoms with van der Waals surface area (Å²) in [6.45, 7) is 2.16. The fraction of sp³-hybridized carbons (Fsp3) is 0.318.